The summed E-state index contributed by atoms with van der Waals surface area (Å²) < 4.78 is 1.92. The van der Waals surface area contributed by atoms with Gasteiger partial charge in [0.2, 0.25) is 0 Å². The summed E-state index contributed by atoms with van der Waals surface area (Å²) >= 11 is 0. The monoisotopic (exact) mass is 244 g/mol. The van der Waals surface area contributed by atoms with Gasteiger partial charge in [-0.15, -0.1) is 0 Å². The van der Waals surface area contributed by atoms with Crippen molar-refractivity contribution in [2.45, 2.75) is 40.2 Å². The van der Waals surface area contributed by atoms with Crippen molar-refractivity contribution >= 4 is 0 Å². The first kappa shape index (κ1) is 12.7. The van der Waals surface area contributed by atoms with Crippen LogP contribution in [0.1, 0.15) is 31.0 Å². The predicted molar refractivity (Wildman–Crippen MR) is 73.7 cm³/mol. The summed E-state index contributed by atoms with van der Waals surface area (Å²) in [4.78, 5) is 0. The second-order valence-corrected chi connectivity index (χ2v) is 4.73. The van der Waals surface area contributed by atoms with Crippen molar-refractivity contribution in [3.05, 3.63) is 35.5 Å². The summed E-state index contributed by atoms with van der Waals surface area (Å²) in [7, 11) is 0. The molecule has 0 fully saturated rings. The van der Waals surface area contributed by atoms with Crippen LogP contribution in [0.5, 0.6) is 5.75 Å². The predicted octanol–water partition coefficient (Wildman–Crippen LogP) is 3.67. The smallest absolute Gasteiger partial charge is 0.164 e. The lowest BCUT2D eigenvalue weighted by atomic mass is 10.1. The SMILES string of the molecule is CCCCn1nc(C)c(O)c1-c1cccc(C)c1. The minimum Gasteiger partial charge on any atom is -0.504 e. The molecular formula is C15H20N2O. The van der Waals surface area contributed by atoms with Crippen molar-refractivity contribution in [2.75, 3.05) is 0 Å². The number of unbranched alkanes of at least 4 members (excludes halogenated alkanes) is 1. The van der Waals surface area contributed by atoms with Crippen LogP contribution in [0.3, 0.4) is 0 Å². The number of aromatic hydroxyl groups is 1. The molecule has 0 unspecified atom stereocenters. The van der Waals surface area contributed by atoms with Crippen LogP contribution in [0.4, 0.5) is 0 Å². The second kappa shape index (κ2) is 5.25. The average molecular weight is 244 g/mol. The van der Waals surface area contributed by atoms with Crippen LogP contribution in [0.2, 0.25) is 0 Å². The summed E-state index contributed by atoms with van der Waals surface area (Å²) in [5.41, 5.74) is 3.75. The van der Waals surface area contributed by atoms with Crippen molar-refractivity contribution in [3.8, 4) is 17.0 Å². The molecule has 1 heterocycles. The zero-order valence-electron chi connectivity index (χ0n) is 11.3. The molecule has 0 atom stereocenters. The van der Waals surface area contributed by atoms with Crippen LogP contribution >= 0.6 is 0 Å². The van der Waals surface area contributed by atoms with Crippen LogP contribution < -0.4 is 0 Å². The Morgan fingerprint density at radius 3 is 2.72 bits per heavy atom. The van der Waals surface area contributed by atoms with Crippen LogP contribution in [-0.2, 0) is 6.54 Å². The van der Waals surface area contributed by atoms with Crippen molar-refractivity contribution < 1.29 is 5.11 Å². The van der Waals surface area contributed by atoms with E-state index in [1.54, 1.807) is 0 Å². The fraction of sp³-hybridized carbons (Fsp3) is 0.400. The van der Waals surface area contributed by atoms with E-state index in [1.165, 1.54) is 5.56 Å². The molecule has 3 heteroatoms. The van der Waals surface area contributed by atoms with E-state index in [9.17, 15) is 5.11 Å². The van der Waals surface area contributed by atoms with Gasteiger partial charge in [-0.1, -0.05) is 37.1 Å². The van der Waals surface area contributed by atoms with E-state index >= 15 is 0 Å². The van der Waals surface area contributed by atoms with Gasteiger partial charge in [0.25, 0.3) is 0 Å². The number of aromatic nitrogens is 2. The maximum absolute atomic E-state index is 10.2. The molecule has 1 N–H and O–H groups in total. The molecule has 18 heavy (non-hydrogen) atoms. The van der Waals surface area contributed by atoms with E-state index in [2.05, 4.69) is 31.1 Å². The molecule has 3 nitrogen and oxygen atoms in total. The molecule has 2 rings (SSSR count). The summed E-state index contributed by atoms with van der Waals surface area (Å²) in [5.74, 6) is 0.303. The number of nitrogens with zero attached hydrogens (tertiary/aromatic N) is 2. The third-order valence-corrected chi connectivity index (χ3v) is 3.11. The molecule has 0 amide bonds. The minimum atomic E-state index is 0.303. The molecular weight excluding hydrogens is 224 g/mol. The van der Waals surface area contributed by atoms with Gasteiger partial charge >= 0.3 is 0 Å². The van der Waals surface area contributed by atoms with Gasteiger partial charge in [0, 0.05) is 12.1 Å². The van der Waals surface area contributed by atoms with Crippen LogP contribution in [-0.4, -0.2) is 14.9 Å². The second-order valence-electron chi connectivity index (χ2n) is 4.73. The van der Waals surface area contributed by atoms with Crippen LogP contribution in [0, 0.1) is 13.8 Å². The number of hydrogen-bond acceptors (Lipinski definition) is 2. The number of hydrogen-bond donors (Lipinski definition) is 1. The minimum absolute atomic E-state index is 0.303. The van der Waals surface area contributed by atoms with Crippen molar-refractivity contribution in [2.24, 2.45) is 0 Å². The summed E-state index contributed by atoms with van der Waals surface area (Å²) in [6, 6.07) is 8.17. The largest absolute Gasteiger partial charge is 0.504 e. The van der Waals surface area contributed by atoms with Gasteiger partial charge in [-0.25, -0.2) is 0 Å². The molecule has 0 saturated heterocycles. The normalized spacial score (nSPS) is 10.8. The molecule has 1 aromatic carbocycles. The van der Waals surface area contributed by atoms with E-state index < -0.39 is 0 Å². The Labute approximate surface area is 108 Å². The molecule has 0 aliphatic carbocycles. The number of aryl methyl sites for hydroxylation is 3. The lowest BCUT2D eigenvalue weighted by molar-refractivity contribution is 0.472. The molecule has 0 aliphatic heterocycles. The zero-order valence-corrected chi connectivity index (χ0v) is 11.3. The highest BCUT2D eigenvalue weighted by atomic mass is 16.3. The topological polar surface area (TPSA) is 38.0 Å². The molecule has 2 aromatic rings. The number of rotatable bonds is 4. The molecule has 0 aliphatic rings. The number of benzene rings is 1. The molecule has 0 saturated carbocycles. The Bertz CT molecular complexity index is 543. The highest BCUT2D eigenvalue weighted by molar-refractivity contribution is 5.68. The molecule has 0 radical (unpaired) electrons. The molecule has 0 bridgehead atoms. The third-order valence-electron chi connectivity index (χ3n) is 3.11. The van der Waals surface area contributed by atoms with Crippen molar-refractivity contribution in [3.63, 3.8) is 0 Å². The maximum Gasteiger partial charge on any atom is 0.164 e. The van der Waals surface area contributed by atoms with E-state index in [1.807, 2.05) is 23.7 Å². The fourth-order valence-corrected chi connectivity index (χ4v) is 2.12. The summed E-state index contributed by atoms with van der Waals surface area (Å²) in [6.07, 6.45) is 2.19. The Morgan fingerprint density at radius 2 is 2.06 bits per heavy atom. The first-order chi connectivity index (χ1) is 8.63. The Hall–Kier alpha value is -1.77. The Morgan fingerprint density at radius 1 is 1.28 bits per heavy atom. The van der Waals surface area contributed by atoms with E-state index in [4.69, 9.17) is 0 Å². The van der Waals surface area contributed by atoms with Gasteiger partial charge in [-0.3, -0.25) is 4.68 Å². The Kier molecular flexibility index (Phi) is 3.70. The van der Waals surface area contributed by atoms with Crippen LogP contribution in [0.25, 0.3) is 11.3 Å². The fourth-order valence-electron chi connectivity index (χ4n) is 2.12. The standard InChI is InChI=1S/C15H20N2O/c1-4-5-9-17-14(15(18)12(3)16-17)13-8-6-7-11(2)10-13/h6-8,10,18H,4-5,9H2,1-3H3. The maximum atomic E-state index is 10.2. The highest BCUT2D eigenvalue weighted by Crippen LogP contribution is 2.32. The van der Waals surface area contributed by atoms with E-state index in [0.29, 0.717) is 11.4 Å². The summed E-state index contributed by atoms with van der Waals surface area (Å²) in [5, 5.41) is 14.6. The van der Waals surface area contributed by atoms with Gasteiger partial charge in [0.05, 0.1) is 0 Å². The lowest BCUT2D eigenvalue weighted by Gasteiger charge is -2.08. The third kappa shape index (κ3) is 2.40. The van der Waals surface area contributed by atoms with Gasteiger partial charge in [-0.05, 0) is 26.3 Å². The van der Waals surface area contributed by atoms with Crippen molar-refractivity contribution in [1.29, 1.82) is 0 Å². The molecule has 0 spiro atoms. The van der Waals surface area contributed by atoms with E-state index in [-0.39, 0.29) is 0 Å². The molecule has 1 aromatic heterocycles. The first-order valence-corrected chi connectivity index (χ1v) is 6.47. The van der Waals surface area contributed by atoms with E-state index in [0.717, 1.165) is 30.6 Å². The van der Waals surface area contributed by atoms with Gasteiger partial charge in [-0.2, -0.15) is 5.10 Å². The van der Waals surface area contributed by atoms with Crippen molar-refractivity contribution in [1.82, 2.24) is 9.78 Å². The van der Waals surface area contributed by atoms with Gasteiger partial charge < -0.3 is 5.11 Å². The van der Waals surface area contributed by atoms with Gasteiger partial charge in [0.15, 0.2) is 5.75 Å². The lowest BCUT2D eigenvalue weighted by Crippen LogP contribution is -2.02. The highest BCUT2D eigenvalue weighted by Gasteiger charge is 2.15. The quantitative estimate of drug-likeness (QED) is 0.891. The first-order valence-electron chi connectivity index (χ1n) is 6.47. The van der Waals surface area contributed by atoms with Gasteiger partial charge in [0.1, 0.15) is 11.4 Å². The molecule has 96 valence electrons. The van der Waals surface area contributed by atoms with Crippen LogP contribution in [0.15, 0.2) is 24.3 Å². The average Bonchev–Trinajstić information content (AvgIpc) is 2.62. The zero-order chi connectivity index (χ0) is 13.1. The summed E-state index contributed by atoms with van der Waals surface area (Å²) in [6.45, 7) is 6.90. The Balaban J connectivity index is 2.48.